The zero-order valence-corrected chi connectivity index (χ0v) is 6.34. The van der Waals surface area contributed by atoms with Gasteiger partial charge in [0.2, 0.25) is 0 Å². The van der Waals surface area contributed by atoms with Gasteiger partial charge in [0.1, 0.15) is 0 Å². The quantitative estimate of drug-likeness (QED) is 0.562. The Kier molecular flexibility index (Phi) is 2.22. The van der Waals surface area contributed by atoms with Crippen LogP contribution < -0.4 is 0 Å². The topological polar surface area (TPSA) is 60.7 Å². The van der Waals surface area contributed by atoms with Crippen molar-refractivity contribution in [2.24, 2.45) is 0 Å². The van der Waals surface area contributed by atoms with Crippen molar-refractivity contribution in [3.63, 3.8) is 0 Å². The molecule has 0 atom stereocenters. The standard InChI is InChI=1S/C7H7ClO3/c8-5-1-2-6(10)7(11)4(5)3-9/h1-2,9-11H,3H2. The molecule has 11 heavy (non-hydrogen) atoms. The number of aliphatic hydroxyl groups is 1. The number of aromatic hydroxyl groups is 2. The number of aliphatic hydroxyl groups excluding tert-OH is 1. The fourth-order valence-corrected chi connectivity index (χ4v) is 0.962. The minimum atomic E-state index is -0.390. The molecule has 0 heterocycles. The van der Waals surface area contributed by atoms with Gasteiger partial charge in [0.25, 0.3) is 0 Å². The summed E-state index contributed by atoms with van der Waals surface area (Å²) in [7, 11) is 0. The molecule has 1 rings (SSSR count). The molecule has 0 aromatic heterocycles. The third-order valence-corrected chi connectivity index (χ3v) is 1.72. The van der Waals surface area contributed by atoms with Gasteiger partial charge < -0.3 is 15.3 Å². The zero-order chi connectivity index (χ0) is 8.43. The van der Waals surface area contributed by atoms with E-state index in [1.165, 1.54) is 12.1 Å². The van der Waals surface area contributed by atoms with Crippen LogP contribution in [0.4, 0.5) is 0 Å². The summed E-state index contributed by atoms with van der Waals surface area (Å²) >= 11 is 5.57. The second-order valence-electron chi connectivity index (χ2n) is 2.05. The highest BCUT2D eigenvalue weighted by Crippen LogP contribution is 2.33. The molecule has 0 fully saturated rings. The molecule has 0 aliphatic carbocycles. The Morgan fingerprint density at radius 3 is 2.36 bits per heavy atom. The summed E-state index contributed by atoms with van der Waals surface area (Å²) < 4.78 is 0. The summed E-state index contributed by atoms with van der Waals surface area (Å²) in [4.78, 5) is 0. The lowest BCUT2D eigenvalue weighted by molar-refractivity contribution is 0.273. The van der Waals surface area contributed by atoms with Gasteiger partial charge in [0.15, 0.2) is 11.5 Å². The van der Waals surface area contributed by atoms with E-state index in [0.29, 0.717) is 0 Å². The van der Waals surface area contributed by atoms with E-state index in [9.17, 15) is 0 Å². The lowest BCUT2D eigenvalue weighted by Crippen LogP contribution is -1.85. The van der Waals surface area contributed by atoms with Gasteiger partial charge in [-0.15, -0.1) is 0 Å². The average molecular weight is 175 g/mol. The lowest BCUT2D eigenvalue weighted by Gasteiger charge is -2.04. The molecule has 0 aliphatic rings. The molecule has 0 aliphatic heterocycles. The predicted molar refractivity (Wildman–Crippen MR) is 40.7 cm³/mol. The molecule has 0 saturated heterocycles. The van der Waals surface area contributed by atoms with Crippen molar-refractivity contribution >= 4 is 11.6 Å². The van der Waals surface area contributed by atoms with Crippen molar-refractivity contribution in [3.8, 4) is 11.5 Å². The van der Waals surface area contributed by atoms with Crippen LogP contribution >= 0.6 is 11.6 Å². The van der Waals surface area contributed by atoms with Gasteiger partial charge in [-0.25, -0.2) is 0 Å². The Balaban J connectivity index is 3.29. The summed E-state index contributed by atoms with van der Waals surface area (Å²) in [5.74, 6) is -0.640. The Morgan fingerprint density at radius 1 is 1.27 bits per heavy atom. The molecule has 1 aromatic carbocycles. The number of phenols is 2. The highest BCUT2D eigenvalue weighted by atomic mass is 35.5. The first kappa shape index (κ1) is 8.17. The van der Waals surface area contributed by atoms with Crippen LogP contribution in [0, 0.1) is 0 Å². The SMILES string of the molecule is OCc1c(Cl)ccc(O)c1O. The molecule has 1 aromatic rings. The summed E-state index contributed by atoms with van der Waals surface area (Å²) in [5.41, 5.74) is 0.145. The predicted octanol–water partition coefficient (Wildman–Crippen LogP) is 1.24. The smallest absolute Gasteiger partial charge is 0.164 e. The molecule has 0 amide bonds. The van der Waals surface area contributed by atoms with Crippen LogP contribution in [-0.2, 0) is 6.61 Å². The fourth-order valence-electron chi connectivity index (χ4n) is 0.750. The fraction of sp³-hybridized carbons (Fsp3) is 0.143. The van der Waals surface area contributed by atoms with E-state index in [4.69, 9.17) is 26.9 Å². The number of hydrogen-bond donors (Lipinski definition) is 3. The van der Waals surface area contributed by atoms with Crippen LogP contribution in [0.5, 0.6) is 11.5 Å². The molecular formula is C7H7ClO3. The van der Waals surface area contributed by atoms with Crippen LogP contribution in [0.1, 0.15) is 5.56 Å². The minimum absolute atomic E-state index is 0.145. The number of phenolic OH excluding ortho intramolecular Hbond substituents is 1. The van der Waals surface area contributed by atoms with Crippen LogP contribution in [0.25, 0.3) is 0 Å². The third-order valence-electron chi connectivity index (χ3n) is 1.36. The summed E-state index contributed by atoms with van der Waals surface area (Å²) in [6, 6.07) is 2.67. The van der Waals surface area contributed by atoms with E-state index < -0.39 is 0 Å². The molecular weight excluding hydrogens is 168 g/mol. The maximum absolute atomic E-state index is 9.08. The highest BCUT2D eigenvalue weighted by Gasteiger charge is 2.08. The monoisotopic (exact) mass is 174 g/mol. The second-order valence-corrected chi connectivity index (χ2v) is 2.46. The van der Waals surface area contributed by atoms with Gasteiger partial charge in [-0.2, -0.15) is 0 Å². The van der Waals surface area contributed by atoms with Crippen molar-refractivity contribution in [1.29, 1.82) is 0 Å². The molecule has 60 valence electrons. The number of benzene rings is 1. The van der Waals surface area contributed by atoms with Crippen LogP contribution in [0.15, 0.2) is 12.1 Å². The molecule has 0 radical (unpaired) electrons. The van der Waals surface area contributed by atoms with Crippen molar-refractivity contribution < 1.29 is 15.3 Å². The van der Waals surface area contributed by atoms with E-state index in [1.54, 1.807) is 0 Å². The van der Waals surface area contributed by atoms with Crippen molar-refractivity contribution in [2.75, 3.05) is 0 Å². The van der Waals surface area contributed by atoms with Crippen molar-refractivity contribution in [1.82, 2.24) is 0 Å². The Hall–Kier alpha value is -0.930. The number of halogens is 1. The Labute approximate surface area is 68.5 Å². The largest absolute Gasteiger partial charge is 0.504 e. The van der Waals surface area contributed by atoms with Crippen LogP contribution in [0.3, 0.4) is 0 Å². The van der Waals surface area contributed by atoms with Gasteiger partial charge in [-0.1, -0.05) is 11.6 Å². The molecule has 3 nitrogen and oxygen atoms in total. The van der Waals surface area contributed by atoms with Gasteiger partial charge in [0, 0.05) is 5.56 Å². The molecule has 0 unspecified atom stereocenters. The number of rotatable bonds is 1. The minimum Gasteiger partial charge on any atom is -0.504 e. The Morgan fingerprint density at radius 2 is 1.91 bits per heavy atom. The normalized spacial score (nSPS) is 10.0. The highest BCUT2D eigenvalue weighted by molar-refractivity contribution is 6.31. The Bertz CT molecular complexity index is 273. The van der Waals surface area contributed by atoms with Crippen molar-refractivity contribution in [2.45, 2.75) is 6.61 Å². The van der Waals surface area contributed by atoms with Gasteiger partial charge in [-0.05, 0) is 12.1 Å². The van der Waals surface area contributed by atoms with Gasteiger partial charge in [-0.3, -0.25) is 0 Å². The molecule has 0 bridgehead atoms. The van der Waals surface area contributed by atoms with Crippen molar-refractivity contribution in [3.05, 3.63) is 22.7 Å². The van der Waals surface area contributed by atoms with E-state index in [1.807, 2.05) is 0 Å². The number of hydrogen-bond acceptors (Lipinski definition) is 3. The molecule has 3 N–H and O–H groups in total. The summed E-state index contributed by atoms with van der Waals surface area (Å²) in [6.07, 6.45) is 0. The first-order valence-electron chi connectivity index (χ1n) is 2.97. The average Bonchev–Trinajstić information content (AvgIpc) is 1.99. The molecule has 4 heteroatoms. The maximum atomic E-state index is 9.08. The van der Waals surface area contributed by atoms with Crippen LogP contribution in [-0.4, -0.2) is 15.3 Å². The van der Waals surface area contributed by atoms with E-state index >= 15 is 0 Å². The van der Waals surface area contributed by atoms with Gasteiger partial charge >= 0.3 is 0 Å². The van der Waals surface area contributed by atoms with E-state index in [0.717, 1.165) is 0 Å². The van der Waals surface area contributed by atoms with E-state index in [-0.39, 0.29) is 28.7 Å². The first-order valence-corrected chi connectivity index (χ1v) is 3.34. The van der Waals surface area contributed by atoms with E-state index in [2.05, 4.69) is 0 Å². The third kappa shape index (κ3) is 1.39. The summed E-state index contributed by atoms with van der Waals surface area (Å²) in [6.45, 7) is -0.390. The first-order chi connectivity index (χ1) is 5.16. The lowest BCUT2D eigenvalue weighted by atomic mass is 10.2. The zero-order valence-electron chi connectivity index (χ0n) is 5.58. The molecule has 0 spiro atoms. The maximum Gasteiger partial charge on any atom is 0.164 e. The summed E-state index contributed by atoms with van der Waals surface area (Å²) in [5, 5.41) is 26.9. The van der Waals surface area contributed by atoms with Crippen LogP contribution in [0.2, 0.25) is 5.02 Å². The van der Waals surface area contributed by atoms with Gasteiger partial charge in [0.05, 0.1) is 11.6 Å². The molecule has 0 saturated carbocycles. The second kappa shape index (κ2) is 2.98.